The summed E-state index contributed by atoms with van der Waals surface area (Å²) >= 11 is 0. The van der Waals surface area contributed by atoms with Gasteiger partial charge >= 0.3 is 0 Å². The lowest BCUT2D eigenvalue weighted by molar-refractivity contribution is 0.0682. The Labute approximate surface area is 204 Å². The molecule has 1 aromatic heterocycles. The molecule has 1 amide bonds. The van der Waals surface area contributed by atoms with Crippen LogP contribution in [0.5, 0.6) is 0 Å². The number of sulfonamides is 1. The second-order valence-electron chi connectivity index (χ2n) is 8.37. The molecule has 8 nitrogen and oxygen atoms in total. The molecule has 35 heavy (non-hydrogen) atoms. The number of likely N-dealkylation sites (N-methyl/N-ethyl adjacent to an activating group) is 1. The van der Waals surface area contributed by atoms with Crippen molar-refractivity contribution < 1.29 is 18.3 Å². The zero-order valence-corrected chi connectivity index (χ0v) is 20.7. The summed E-state index contributed by atoms with van der Waals surface area (Å²) in [6.07, 6.45) is -0.867. The third-order valence-electron chi connectivity index (χ3n) is 5.86. The van der Waals surface area contributed by atoms with E-state index < -0.39 is 16.1 Å². The van der Waals surface area contributed by atoms with Crippen molar-refractivity contribution >= 4 is 32.7 Å². The molecule has 4 aromatic rings. The van der Waals surface area contributed by atoms with E-state index in [4.69, 9.17) is 4.98 Å². The molecule has 0 saturated heterocycles. The molecule has 0 aliphatic heterocycles. The normalized spacial score (nSPS) is 12.5. The number of imidazole rings is 1. The van der Waals surface area contributed by atoms with Crippen molar-refractivity contribution in [1.29, 1.82) is 0 Å². The number of aliphatic hydroxyl groups excluding tert-OH is 1. The molecule has 0 saturated carbocycles. The maximum atomic E-state index is 13.6. The molecule has 0 radical (unpaired) electrons. The molecule has 0 fully saturated rings. The second kappa shape index (κ2) is 9.89. The van der Waals surface area contributed by atoms with Crippen LogP contribution in [0.2, 0.25) is 0 Å². The van der Waals surface area contributed by atoms with Crippen LogP contribution in [0.4, 0.5) is 5.69 Å². The molecule has 0 unspecified atom stereocenters. The number of aromatic nitrogens is 2. The highest BCUT2D eigenvalue weighted by atomic mass is 32.2. The summed E-state index contributed by atoms with van der Waals surface area (Å²) in [6, 6.07) is 21.8. The van der Waals surface area contributed by atoms with Crippen LogP contribution in [0, 0.1) is 0 Å². The number of carbonyl (C=O) groups excluding carboxylic acids is 1. The largest absolute Gasteiger partial charge is 0.387 e. The first-order valence-electron chi connectivity index (χ1n) is 11.2. The smallest absolute Gasteiger partial charge is 0.255 e. The molecule has 9 heteroatoms. The Morgan fingerprint density at radius 1 is 1.09 bits per heavy atom. The number of hydrogen-bond donors (Lipinski definition) is 2. The van der Waals surface area contributed by atoms with E-state index in [2.05, 4.69) is 4.72 Å². The van der Waals surface area contributed by atoms with Gasteiger partial charge in [-0.1, -0.05) is 60.7 Å². The minimum atomic E-state index is -3.56. The number of fused-ring (bicyclic) bond motifs is 1. The minimum Gasteiger partial charge on any atom is -0.387 e. The van der Waals surface area contributed by atoms with Crippen molar-refractivity contribution in [3.8, 4) is 11.4 Å². The summed E-state index contributed by atoms with van der Waals surface area (Å²) < 4.78 is 28.9. The molecule has 1 atom stereocenters. The summed E-state index contributed by atoms with van der Waals surface area (Å²) in [5, 5.41) is 10.6. The van der Waals surface area contributed by atoms with Crippen LogP contribution in [0.1, 0.15) is 28.9 Å². The lowest BCUT2D eigenvalue weighted by Crippen LogP contribution is -2.31. The van der Waals surface area contributed by atoms with Crippen LogP contribution in [-0.2, 0) is 17.1 Å². The van der Waals surface area contributed by atoms with E-state index >= 15 is 0 Å². The van der Waals surface area contributed by atoms with Crippen molar-refractivity contribution in [2.24, 2.45) is 7.05 Å². The zero-order chi connectivity index (χ0) is 25.2. The molecule has 1 heterocycles. The van der Waals surface area contributed by atoms with Gasteiger partial charge in [0.25, 0.3) is 5.91 Å². The lowest BCUT2D eigenvalue weighted by atomic mass is 10.1. The topological polar surface area (TPSA) is 105 Å². The van der Waals surface area contributed by atoms with Gasteiger partial charge in [0.05, 0.1) is 40.7 Å². The van der Waals surface area contributed by atoms with E-state index in [-0.39, 0.29) is 29.5 Å². The number of anilines is 1. The predicted molar refractivity (Wildman–Crippen MR) is 138 cm³/mol. The number of hydrogen-bond acceptors (Lipinski definition) is 5. The fraction of sp³-hybridized carbons (Fsp3) is 0.231. The first kappa shape index (κ1) is 24.4. The highest BCUT2D eigenvalue weighted by molar-refractivity contribution is 7.92. The number of amides is 1. The van der Waals surface area contributed by atoms with Crippen molar-refractivity contribution in [2.75, 3.05) is 24.1 Å². The van der Waals surface area contributed by atoms with Crippen molar-refractivity contribution in [3.05, 3.63) is 83.9 Å². The Hall–Kier alpha value is -3.69. The first-order valence-corrected chi connectivity index (χ1v) is 12.9. The van der Waals surface area contributed by atoms with Crippen LogP contribution < -0.4 is 4.72 Å². The number of carbonyl (C=O) groups is 1. The van der Waals surface area contributed by atoms with E-state index in [0.717, 1.165) is 5.56 Å². The van der Waals surface area contributed by atoms with Gasteiger partial charge in [0, 0.05) is 19.7 Å². The Kier molecular flexibility index (Phi) is 6.90. The highest BCUT2D eigenvalue weighted by Crippen LogP contribution is 2.30. The quantitative estimate of drug-likeness (QED) is 0.389. The van der Waals surface area contributed by atoms with E-state index in [0.29, 0.717) is 22.4 Å². The third kappa shape index (κ3) is 5.21. The van der Waals surface area contributed by atoms with Crippen molar-refractivity contribution in [2.45, 2.75) is 13.0 Å². The molecule has 0 aliphatic rings. The standard InChI is InChI=1S/C26H28N4O4S/c1-4-35(33,34)28-20-15-21(26(32)29(2)17-23(31)18-11-7-5-8-12-18)24-22(16-20)27-25(30(24)3)19-13-9-6-10-14-19/h5-16,23,28,31H,4,17H2,1-3H3/t23-/m1/s1. The average molecular weight is 493 g/mol. The minimum absolute atomic E-state index is 0.0681. The Balaban J connectivity index is 1.79. The second-order valence-corrected chi connectivity index (χ2v) is 10.4. The van der Waals surface area contributed by atoms with Gasteiger partial charge in [-0.3, -0.25) is 9.52 Å². The number of nitrogens with zero attached hydrogens (tertiary/aromatic N) is 3. The Morgan fingerprint density at radius 3 is 2.34 bits per heavy atom. The molecule has 0 bridgehead atoms. The molecule has 3 aromatic carbocycles. The predicted octanol–water partition coefficient (Wildman–Crippen LogP) is 3.81. The number of aryl methyl sites for hydroxylation is 1. The molecular weight excluding hydrogens is 464 g/mol. The molecule has 0 spiro atoms. The molecule has 2 N–H and O–H groups in total. The fourth-order valence-corrected chi connectivity index (χ4v) is 4.62. The van der Waals surface area contributed by atoms with Gasteiger partial charge in [-0.05, 0) is 24.6 Å². The van der Waals surface area contributed by atoms with Gasteiger partial charge in [0.2, 0.25) is 10.0 Å². The van der Waals surface area contributed by atoms with Crippen LogP contribution in [0.25, 0.3) is 22.4 Å². The van der Waals surface area contributed by atoms with E-state index in [1.165, 1.54) is 11.0 Å². The third-order valence-corrected chi connectivity index (χ3v) is 7.17. The van der Waals surface area contributed by atoms with Gasteiger partial charge in [-0.25, -0.2) is 13.4 Å². The van der Waals surface area contributed by atoms with E-state index in [9.17, 15) is 18.3 Å². The van der Waals surface area contributed by atoms with E-state index in [1.54, 1.807) is 32.2 Å². The lowest BCUT2D eigenvalue weighted by Gasteiger charge is -2.22. The fourth-order valence-electron chi connectivity index (χ4n) is 4.00. The molecule has 0 aliphatic carbocycles. The van der Waals surface area contributed by atoms with Crippen LogP contribution >= 0.6 is 0 Å². The SMILES string of the molecule is CCS(=O)(=O)Nc1cc(C(=O)N(C)C[C@@H](O)c2ccccc2)c2c(c1)nc(-c1ccccc1)n2C. The number of aliphatic hydroxyl groups is 1. The molecular formula is C26H28N4O4S. The number of rotatable bonds is 8. The monoisotopic (exact) mass is 492 g/mol. The van der Waals surface area contributed by atoms with E-state index in [1.807, 2.05) is 60.1 Å². The zero-order valence-electron chi connectivity index (χ0n) is 19.8. The Morgan fingerprint density at radius 2 is 1.71 bits per heavy atom. The van der Waals surface area contributed by atoms with Crippen LogP contribution in [0.15, 0.2) is 72.8 Å². The summed E-state index contributed by atoms with van der Waals surface area (Å²) in [5.41, 5.74) is 3.19. The van der Waals surface area contributed by atoms with Crippen LogP contribution in [0.3, 0.4) is 0 Å². The van der Waals surface area contributed by atoms with Crippen molar-refractivity contribution in [1.82, 2.24) is 14.5 Å². The van der Waals surface area contributed by atoms with Gasteiger partial charge < -0.3 is 14.6 Å². The maximum absolute atomic E-state index is 13.6. The summed E-state index contributed by atoms with van der Waals surface area (Å²) in [5.74, 6) is 0.192. The summed E-state index contributed by atoms with van der Waals surface area (Å²) in [4.78, 5) is 19.8. The molecule has 182 valence electrons. The number of benzene rings is 3. The number of nitrogens with one attached hydrogen (secondary N) is 1. The molecule has 4 rings (SSSR count). The summed E-state index contributed by atoms with van der Waals surface area (Å²) in [7, 11) is -0.133. The Bertz CT molecular complexity index is 1450. The van der Waals surface area contributed by atoms with Gasteiger partial charge in [0.15, 0.2) is 0 Å². The van der Waals surface area contributed by atoms with Gasteiger partial charge in [-0.2, -0.15) is 0 Å². The van der Waals surface area contributed by atoms with Gasteiger partial charge in [0.1, 0.15) is 5.82 Å². The highest BCUT2D eigenvalue weighted by Gasteiger charge is 2.24. The summed E-state index contributed by atoms with van der Waals surface area (Å²) in [6.45, 7) is 1.61. The van der Waals surface area contributed by atoms with Crippen LogP contribution in [-0.4, -0.2) is 53.2 Å². The first-order chi connectivity index (χ1) is 16.7. The average Bonchev–Trinajstić information content (AvgIpc) is 3.20. The maximum Gasteiger partial charge on any atom is 0.255 e. The van der Waals surface area contributed by atoms with Crippen molar-refractivity contribution in [3.63, 3.8) is 0 Å². The van der Waals surface area contributed by atoms with Gasteiger partial charge in [-0.15, -0.1) is 0 Å².